The van der Waals surface area contributed by atoms with Crippen LogP contribution in [0.1, 0.15) is 30.0 Å². The molecule has 3 aromatic rings. The van der Waals surface area contributed by atoms with Gasteiger partial charge in [-0.1, -0.05) is 32.9 Å². The molecule has 7 nitrogen and oxygen atoms in total. The minimum absolute atomic E-state index is 0.0123. The molecule has 9 heteroatoms. The zero-order valence-electron chi connectivity index (χ0n) is 14.3. The van der Waals surface area contributed by atoms with Gasteiger partial charge in [0.1, 0.15) is 0 Å². The van der Waals surface area contributed by atoms with Crippen molar-refractivity contribution in [3.63, 3.8) is 0 Å². The van der Waals surface area contributed by atoms with Crippen LogP contribution in [0.3, 0.4) is 0 Å². The summed E-state index contributed by atoms with van der Waals surface area (Å²) in [6.07, 6.45) is 3.37. The maximum absolute atomic E-state index is 12.5. The van der Waals surface area contributed by atoms with E-state index >= 15 is 0 Å². The van der Waals surface area contributed by atoms with Crippen molar-refractivity contribution in [2.24, 2.45) is 0 Å². The van der Waals surface area contributed by atoms with E-state index < -0.39 is 0 Å². The van der Waals surface area contributed by atoms with Crippen LogP contribution in [0.25, 0.3) is 5.69 Å². The number of amides is 1. The summed E-state index contributed by atoms with van der Waals surface area (Å²) in [5, 5.41) is 11.8. The molecule has 1 amide bonds. The highest BCUT2D eigenvalue weighted by Gasteiger charge is 2.21. The summed E-state index contributed by atoms with van der Waals surface area (Å²) in [6.45, 7) is 3.81. The molecule has 0 aliphatic carbocycles. The molecule has 0 spiro atoms. The lowest BCUT2D eigenvalue weighted by Crippen LogP contribution is -2.31. The predicted molar refractivity (Wildman–Crippen MR) is 103 cm³/mol. The third kappa shape index (κ3) is 4.47. The van der Waals surface area contributed by atoms with E-state index in [1.807, 2.05) is 38.1 Å². The zero-order valence-corrected chi connectivity index (χ0v) is 16.7. The van der Waals surface area contributed by atoms with E-state index in [0.717, 1.165) is 10.2 Å². The van der Waals surface area contributed by atoms with Crippen molar-refractivity contribution in [2.45, 2.75) is 30.8 Å². The standard InChI is InChI=1S/C17H17BrN6OS/c1-11(2)21-16(25)15-14(10-26-17-19-8-3-9-20-17)24(23-22-15)13-6-4-12(18)5-7-13/h3-9,11H,10H2,1-2H3,(H,21,25). The van der Waals surface area contributed by atoms with Crippen molar-refractivity contribution in [1.29, 1.82) is 0 Å². The molecule has 3 rings (SSSR count). The van der Waals surface area contributed by atoms with Crippen molar-refractivity contribution in [3.05, 3.63) is 58.6 Å². The third-order valence-corrected chi connectivity index (χ3v) is 4.76. The van der Waals surface area contributed by atoms with Gasteiger partial charge in [0, 0.05) is 28.7 Å². The molecule has 1 aromatic carbocycles. The van der Waals surface area contributed by atoms with Gasteiger partial charge in [-0.15, -0.1) is 5.10 Å². The van der Waals surface area contributed by atoms with Gasteiger partial charge in [0.15, 0.2) is 10.9 Å². The first-order valence-corrected chi connectivity index (χ1v) is 9.73. The van der Waals surface area contributed by atoms with Gasteiger partial charge in [0.05, 0.1) is 11.4 Å². The summed E-state index contributed by atoms with van der Waals surface area (Å²) < 4.78 is 2.64. The smallest absolute Gasteiger partial charge is 0.274 e. The van der Waals surface area contributed by atoms with Gasteiger partial charge in [-0.3, -0.25) is 4.79 Å². The molecule has 2 heterocycles. The maximum Gasteiger partial charge on any atom is 0.274 e. The largest absolute Gasteiger partial charge is 0.348 e. The van der Waals surface area contributed by atoms with E-state index in [1.54, 1.807) is 23.1 Å². The molecule has 0 saturated carbocycles. The fraction of sp³-hybridized carbons (Fsp3) is 0.235. The third-order valence-electron chi connectivity index (χ3n) is 3.35. The Labute approximate surface area is 163 Å². The molecule has 2 aromatic heterocycles. The van der Waals surface area contributed by atoms with Gasteiger partial charge >= 0.3 is 0 Å². The van der Waals surface area contributed by atoms with Crippen LogP contribution >= 0.6 is 27.7 Å². The van der Waals surface area contributed by atoms with Crippen LogP contribution in [-0.2, 0) is 5.75 Å². The second-order valence-corrected chi connectivity index (χ2v) is 7.58. The molecular weight excluding hydrogens is 416 g/mol. The molecule has 0 unspecified atom stereocenters. The van der Waals surface area contributed by atoms with E-state index in [9.17, 15) is 4.79 Å². The molecular formula is C17H17BrN6OS. The van der Waals surface area contributed by atoms with Gasteiger partial charge in [-0.2, -0.15) is 0 Å². The molecule has 26 heavy (non-hydrogen) atoms. The average molecular weight is 433 g/mol. The maximum atomic E-state index is 12.5. The van der Waals surface area contributed by atoms with E-state index in [1.165, 1.54) is 11.8 Å². The molecule has 0 atom stereocenters. The Bertz CT molecular complexity index is 882. The Morgan fingerprint density at radius 1 is 1.23 bits per heavy atom. The zero-order chi connectivity index (χ0) is 18.5. The first-order chi connectivity index (χ1) is 12.5. The average Bonchev–Trinajstić information content (AvgIpc) is 3.05. The van der Waals surface area contributed by atoms with E-state index in [0.29, 0.717) is 22.3 Å². The number of hydrogen-bond acceptors (Lipinski definition) is 6. The van der Waals surface area contributed by atoms with Crippen LogP contribution in [0.4, 0.5) is 0 Å². The number of hydrogen-bond donors (Lipinski definition) is 1. The number of halogens is 1. The summed E-state index contributed by atoms with van der Waals surface area (Å²) in [4.78, 5) is 20.9. The number of nitrogens with one attached hydrogen (secondary N) is 1. The normalized spacial score (nSPS) is 10.9. The number of benzene rings is 1. The summed E-state index contributed by atoms with van der Waals surface area (Å²) in [7, 11) is 0. The molecule has 0 fully saturated rings. The highest BCUT2D eigenvalue weighted by Crippen LogP contribution is 2.23. The number of nitrogens with zero attached hydrogens (tertiary/aromatic N) is 5. The number of thioether (sulfide) groups is 1. The minimum Gasteiger partial charge on any atom is -0.348 e. The second kappa shape index (κ2) is 8.41. The number of aromatic nitrogens is 5. The van der Waals surface area contributed by atoms with Crippen molar-refractivity contribution >= 4 is 33.6 Å². The van der Waals surface area contributed by atoms with Gasteiger partial charge in [0.25, 0.3) is 5.91 Å². The monoisotopic (exact) mass is 432 g/mol. The van der Waals surface area contributed by atoms with Crippen molar-refractivity contribution in [1.82, 2.24) is 30.3 Å². The van der Waals surface area contributed by atoms with Gasteiger partial charge < -0.3 is 5.32 Å². The SMILES string of the molecule is CC(C)NC(=O)c1nnn(-c2ccc(Br)cc2)c1CSc1ncccn1. The fourth-order valence-corrected chi connectivity index (χ4v) is 3.28. The lowest BCUT2D eigenvalue weighted by atomic mass is 10.2. The van der Waals surface area contributed by atoms with E-state index in [-0.39, 0.29) is 11.9 Å². The van der Waals surface area contributed by atoms with Crippen LogP contribution in [0.15, 0.2) is 52.4 Å². The Balaban J connectivity index is 1.94. The van der Waals surface area contributed by atoms with Crippen molar-refractivity contribution in [2.75, 3.05) is 0 Å². The molecule has 0 saturated heterocycles. The summed E-state index contributed by atoms with van der Waals surface area (Å²) in [6, 6.07) is 9.44. The van der Waals surface area contributed by atoms with Crippen LogP contribution in [0, 0.1) is 0 Å². The van der Waals surface area contributed by atoms with Crippen molar-refractivity contribution in [3.8, 4) is 5.69 Å². The first kappa shape index (κ1) is 18.5. The Morgan fingerprint density at radius 2 is 1.92 bits per heavy atom. The van der Waals surface area contributed by atoms with Crippen LogP contribution in [-0.4, -0.2) is 36.9 Å². The van der Waals surface area contributed by atoms with Crippen LogP contribution in [0.5, 0.6) is 0 Å². The lowest BCUT2D eigenvalue weighted by molar-refractivity contribution is 0.0937. The summed E-state index contributed by atoms with van der Waals surface area (Å²) >= 11 is 4.85. The Hall–Kier alpha value is -2.26. The molecule has 0 bridgehead atoms. The molecule has 0 radical (unpaired) electrons. The highest BCUT2D eigenvalue weighted by atomic mass is 79.9. The van der Waals surface area contributed by atoms with Crippen molar-refractivity contribution < 1.29 is 4.79 Å². The summed E-state index contributed by atoms with van der Waals surface area (Å²) in [5.41, 5.74) is 1.84. The second-order valence-electron chi connectivity index (χ2n) is 5.72. The topological polar surface area (TPSA) is 85.6 Å². The molecule has 134 valence electrons. The minimum atomic E-state index is -0.243. The van der Waals surface area contributed by atoms with E-state index in [2.05, 4.69) is 41.5 Å². The fourth-order valence-electron chi connectivity index (χ4n) is 2.22. The van der Waals surface area contributed by atoms with Crippen LogP contribution in [0.2, 0.25) is 0 Å². The molecule has 0 aliphatic rings. The van der Waals surface area contributed by atoms with Gasteiger partial charge in [-0.25, -0.2) is 14.6 Å². The first-order valence-electron chi connectivity index (χ1n) is 7.96. The van der Waals surface area contributed by atoms with Gasteiger partial charge in [0.2, 0.25) is 0 Å². The highest BCUT2D eigenvalue weighted by molar-refractivity contribution is 9.10. The molecule has 1 N–H and O–H groups in total. The Kier molecular flexibility index (Phi) is 6.00. The van der Waals surface area contributed by atoms with Crippen LogP contribution < -0.4 is 5.32 Å². The molecule has 0 aliphatic heterocycles. The van der Waals surface area contributed by atoms with E-state index in [4.69, 9.17) is 0 Å². The quantitative estimate of drug-likeness (QED) is 0.475. The lowest BCUT2D eigenvalue weighted by Gasteiger charge is -2.10. The number of carbonyl (C=O) groups is 1. The number of carbonyl (C=O) groups excluding carboxylic acids is 1. The Morgan fingerprint density at radius 3 is 2.58 bits per heavy atom. The predicted octanol–water partition coefficient (Wildman–Crippen LogP) is 3.25. The van der Waals surface area contributed by atoms with Gasteiger partial charge in [-0.05, 0) is 44.2 Å². The number of rotatable bonds is 6. The summed E-state index contributed by atoms with van der Waals surface area (Å²) in [5.74, 6) is 0.224.